The van der Waals surface area contributed by atoms with Crippen molar-refractivity contribution in [3.63, 3.8) is 0 Å². The number of benzene rings is 1. The van der Waals surface area contributed by atoms with Crippen molar-refractivity contribution in [1.29, 1.82) is 0 Å². The highest BCUT2D eigenvalue weighted by Crippen LogP contribution is 2.44. The number of likely N-dealkylation sites (tertiary alicyclic amines) is 1. The molecule has 1 amide bonds. The molecule has 0 bridgehead atoms. The number of aromatic nitrogens is 2. The van der Waals surface area contributed by atoms with E-state index in [1.807, 2.05) is 35.2 Å². The zero-order valence-electron chi connectivity index (χ0n) is 16.8. The molecule has 0 radical (unpaired) electrons. The van der Waals surface area contributed by atoms with Crippen molar-refractivity contribution in [1.82, 2.24) is 20.2 Å². The first kappa shape index (κ1) is 21.0. The van der Waals surface area contributed by atoms with Gasteiger partial charge in [0.05, 0.1) is 17.8 Å². The number of fused-ring (bicyclic) bond motifs is 2. The second-order valence-electron chi connectivity index (χ2n) is 8.56. The highest BCUT2D eigenvalue weighted by molar-refractivity contribution is 5.85. The van der Waals surface area contributed by atoms with Crippen LogP contribution >= 0.6 is 12.4 Å². The third-order valence-electron chi connectivity index (χ3n) is 6.86. The molecule has 2 aliphatic heterocycles. The van der Waals surface area contributed by atoms with Crippen LogP contribution in [0.1, 0.15) is 36.9 Å². The largest absolute Gasteiger partial charge is 0.392 e. The quantitative estimate of drug-likeness (QED) is 0.668. The summed E-state index contributed by atoms with van der Waals surface area (Å²) in [6.45, 7) is 1.82. The molecule has 2 aromatic rings. The van der Waals surface area contributed by atoms with Crippen molar-refractivity contribution in [2.75, 3.05) is 19.6 Å². The van der Waals surface area contributed by atoms with Crippen LogP contribution in [0, 0.1) is 0 Å². The number of nitrogens with zero attached hydrogens (tertiary/aromatic N) is 2. The first-order valence-electron chi connectivity index (χ1n) is 10.5. The van der Waals surface area contributed by atoms with E-state index >= 15 is 0 Å². The summed E-state index contributed by atoms with van der Waals surface area (Å²) >= 11 is 0. The van der Waals surface area contributed by atoms with Crippen LogP contribution in [0.2, 0.25) is 0 Å². The van der Waals surface area contributed by atoms with Crippen molar-refractivity contribution in [3.05, 3.63) is 51.9 Å². The smallest absolute Gasteiger partial charge is 0.254 e. The fourth-order valence-corrected chi connectivity index (χ4v) is 5.15. The van der Waals surface area contributed by atoms with Gasteiger partial charge in [0.25, 0.3) is 5.56 Å². The van der Waals surface area contributed by atoms with Crippen molar-refractivity contribution < 1.29 is 9.90 Å². The van der Waals surface area contributed by atoms with Gasteiger partial charge < -0.3 is 20.3 Å². The van der Waals surface area contributed by atoms with Gasteiger partial charge in [0.2, 0.25) is 5.91 Å². The summed E-state index contributed by atoms with van der Waals surface area (Å²) < 4.78 is 0. The van der Waals surface area contributed by atoms with Gasteiger partial charge in [0, 0.05) is 36.2 Å². The summed E-state index contributed by atoms with van der Waals surface area (Å²) in [7, 11) is 0. The minimum Gasteiger partial charge on any atom is -0.392 e. The van der Waals surface area contributed by atoms with Crippen LogP contribution in [0.25, 0.3) is 11.4 Å². The molecule has 3 heterocycles. The molecule has 30 heavy (non-hydrogen) atoms. The maximum atomic E-state index is 12.8. The van der Waals surface area contributed by atoms with Gasteiger partial charge in [-0.25, -0.2) is 4.98 Å². The third-order valence-corrected chi connectivity index (χ3v) is 6.86. The number of carbonyl (C=O) groups is 1. The molecule has 0 unspecified atom stereocenters. The summed E-state index contributed by atoms with van der Waals surface area (Å²) in [5.74, 6) is 0.705. The zero-order chi connectivity index (χ0) is 20.0. The Morgan fingerprint density at radius 3 is 2.57 bits per heavy atom. The lowest BCUT2D eigenvalue weighted by molar-refractivity contribution is -0.134. The van der Waals surface area contributed by atoms with Gasteiger partial charge in [0.1, 0.15) is 5.82 Å². The molecule has 2 atom stereocenters. The Bertz CT molecular complexity index is 986. The number of β-amino-alcohol motifs (C(OH)–C–C–N with tert-alkyl or cyclic N) is 1. The number of rotatable bonds is 2. The predicted molar refractivity (Wildman–Crippen MR) is 116 cm³/mol. The van der Waals surface area contributed by atoms with E-state index in [2.05, 4.69) is 10.3 Å². The van der Waals surface area contributed by atoms with Gasteiger partial charge >= 0.3 is 0 Å². The standard InChI is InChI=1S/C22H26N4O3.ClH/c27-15-12-17(23-13-15)21(29)26-10-8-22(9-11-26)7-6-16-18(22)24-19(25-20(16)28)14-4-2-1-3-5-14;/h1-5,15,17,23,27H,6-13H2,(H,24,25,28);1H/t15-,17-;/m1./s1. The van der Waals surface area contributed by atoms with Crippen LogP contribution in [0.5, 0.6) is 0 Å². The van der Waals surface area contributed by atoms with E-state index in [-0.39, 0.29) is 35.3 Å². The number of nitrogens with one attached hydrogen (secondary N) is 2. The molecule has 3 N–H and O–H groups in total. The topological polar surface area (TPSA) is 98.3 Å². The number of carbonyl (C=O) groups excluding carboxylic acids is 1. The summed E-state index contributed by atoms with van der Waals surface area (Å²) in [4.78, 5) is 35.3. The lowest BCUT2D eigenvalue weighted by atomic mass is 9.76. The van der Waals surface area contributed by atoms with E-state index in [0.717, 1.165) is 42.5 Å². The first-order valence-corrected chi connectivity index (χ1v) is 10.5. The van der Waals surface area contributed by atoms with Crippen molar-refractivity contribution in [3.8, 4) is 11.4 Å². The van der Waals surface area contributed by atoms with Crippen LogP contribution in [0.4, 0.5) is 0 Å². The molecular formula is C22H27ClN4O3. The Hall–Kier alpha value is -2.22. The first-order chi connectivity index (χ1) is 14.1. The minimum atomic E-state index is -0.436. The third kappa shape index (κ3) is 3.55. The van der Waals surface area contributed by atoms with Crippen molar-refractivity contribution in [2.24, 2.45) is 0 Å². The molecular weight excluding hydrogens is 404 g/mol. The Balaban J connectivity index is 0.00000218. The van der Waals surface area contributed by atoms with Gasteiger partial charge in [-0.2, -0.15) is 0 Å². The minimum absolute atomic E-state index is 0. The van der Waals surface area contributed by atoms with E-state index in [9.17, 15) is 14.7 Å². The van der Waals surface area contributed by atoms with Crippen LogP contribution < -0.4 is 10.9 Å². The average Bonchev–Trinajstić information content (AvgIpc) is 3.33. The maximum absolute atomic E-state index is 12.8. The highest BCUT2D eigenvalue weighted by Gasteiger charge is 2.45. The number of aliphatic hydroxyl groups is 1. The number of hydrogen-bond acceptors (Lipinski definition) is 5. The highest BCUT2D eigenvalue weighted by atomic mass is 35.5. The second-order valence-corrected chi connectivity index (χ2v) is 8.56. The van der Waals surface area contributed by atoms with Crippen molar-refractivity contribution in [2.45, 2.75) is 49.7 Å². The zero-order valence-corrected chi connectivity index (χ0v) is 17.6. The van der Waals surface area contributed by atoms with Crippen LogP contribution in [0.15, 0.2) is 35.1 Å². The average molecular weight is 431 g/mol. The maximum Gasteiger partial charge on any atom is 0.254 e. The predicted octanol–water partition coefficient (Wildman–Crippen LogP) is 1.39. The molecule has 0 saturated carbocycles. The van der Waals surface area contributed by atoms with Gasteiger partial charge in [-0.3, -0.25) is 9.59 Å². The fraction of sp³-hybridized carbons (Fsp3) is 0.500. The molecule has 1 spiro atoms. The lowest BCUT2D eigenvalue weighted by Gasteiger charge is -2.40. The normalized spacial score (nSPS) is 24.5. The molecule has 1 aromatic heterocycles. The number of amides is 1. The summed E-state index contributed by atoms with van der Waals surface area (Å²) in [6, 6.07) is 9.46. The molecule has 1 aromatic carbocycles. The van der Waals surface area contributed by atoms with E-state index in [0.29, 0.717) is 31.9 Å². The monoisotopic (exact) mass is 430 g/mol. The Morgan fingerprint density at radius 2 is 1.90 bits per heavy atom. The van der Waals surface area contributed by atoms with E-state index < -0.39 is 6.10 Å². The Morgan fingerprint density at radius 1 is 1.17 bits per heavy atom. The Labute approximate surface area is 181 Å². The lowest BCUT2D eigenvalue weighted by Crippen LogP contribution is -2.50. The van der Waals surface area contributed by atoms with Crippen LogP contribution in [-0.4, -0.2) is 57.7 Å². The fourth-order valence-electron chi connectivity index (χ4n) is 5.15. The van der Waals surface area contributed by atoms with E-state index in [1.165, 1.54) is 0 Å². The molecule has 5 rings (SSSR count). The number of hydrogen-bond donors (Lipinski definition) is 3. The van der Waals surface area contributed by atoms with E-state index in [1.54, 1.807) is 0 Å². The number of halogens is 1. The Kier molecular flexibility index (Phi) is 5.70. The van der Waals surface area contributed by atoms with Gasteiger partial charge in [-0.05, 0) is 32.1 Å². The van der Waals surface area contributed by atoms with Gasteiger partial charge in [0.15, 0.2) is 0 Å². The van der Waals surface area contributed by atoms with Gasteiger partial charge in [-0.15, -0.1) is 12.4 Å². The number of H-pyrrole nitrogens is 1. The number of aromatic amines is 1. The number of aliphatic hydroxyl groups excluding tert-OH is 1. The molecule has 2 fully saturated rings. The SMILES string of the molecule is Cl.O=C([C@H]1C[C@@H](O)CN1)N1CCC2(CCc3c2nc(-c2ccccc2)[nH]c3=O)CC1. The van der Waals surface area contributed by atoms with Crippen LogP contribution in [0.3, 0.4) is 0 Å². The second kappa shape index (κ2) is 8.13. The summed E-state index contributed by atoms with van der Waals surface area (Å²) in [5.41, 5.74) is 2.50. The molecule has 8 heteroatoms. The van der Waals surface area contributed by atoms with E-state index in [4.69, 9.17) is 4.98 Å². The molecule has 3 aliphatic rings. The number of piperidine rings is 1. The van der Waals surface area contributed by atoms with Crippen LogP contribution in [-0.2, 0) is 16.6 Å². The summed E-state index contributed by atoms with van der Waals surface area (Å²) in [5, 5.41) is 12.8. The molecule has 2 saturated heterocycles. The molecule has 7 nitrogen and oxygen atoms in total. The van der Waals surface area contributed by atoms with Gasteiger partial charge in [-0.1, -0.05) is 30.3 Å². The molecule has 160 valence electrons. The summed E-state index contributed by atoms with van der Waals surface area (Å²) in [6.07, 6.45) is 3.36. The van der Waals surface area contributed by atoms with Crippen molar-refractivity contribution >= 4 is 18.3 Å². The molecule has 1 aliphatic carbocycles.